The molecule has 0 bridgehead atoms. The number of nitro benzene ring substituents is 1. The Morgan fingerprint density at radius 2 is 2.05 bits per heavy atom. The highest BCUT2D eigenvalue weighted by atomic mass is 35.5. The Hall–Kier alpha value is -1.72. The highest BCUT2D eigenvalue weighted by molar-refractivity contribution is 7.98. The topological polar surface area (TPSA) is 69.2 Å². The third-order valence-corrected chi connectivity index (χ3v) is 4.29. The molecule has 0 aliphatic heterocycles. The van der Waals surface area contributed by atoms with Crippen LogP contribution in [0.15, 0.2) is 41.3 Å². The predicted molar refractivity (Wildman–Crippen MR) is 83.3 cm³/mol. The van der Waals surface area contributed by atoms with E-state index in [2.05, 4.69) is 0 Å². The lowest BCUT2D eigenvalue weighted by atomic mass is 10.2. The minimum atomic E-state index is -0.405. The van der Waals surface area contributed by atoms with Crippen LogP contribution in [0.3, 0.4) is 0 Å². The monoisotopic (exact) mass is 308 g/mol. The first-order chi connectivity index (χ1) is 9.47. The largest absolute Gasteiger partial charge is 0.399 e. The van der Waals surface area contributed by atoms with Crippen molar-refractivity contribution in [2.24, 2.45) is 0 Å². The molecule has 0 amide bonds. The zero-order valence-electron chi connectivity index (χ0n) is 10.8. The van der Waals surface area contributed by atoms with E-state index in [1.807, 2.05) is 25.1 Å². The minimum Gasteiger partial charge on any atom is -0.399 e. The van der Waals surface area contributed by atoms with Crippen LogP contribution in [0.4, 0.5) is 11.4 Å². The average Bonchev–Trinajstić information content (AvgIpc) is 2.38. The number of nitrogens with two attached hydrogens (primary N) is 1. The fraction of sp³-hybridized carbons (Fsp3) is 0.143. The number of nitrogen functional groups attached to an aromatic ring is 1. The maximum atomic E-state index is 11.0. The van der Waals surface area contributed by atoms with Gasteiger partial charge in [-0.15, -0.1) is 11.8 Å². The van der Waals surface area contributed by atoms with E-state index in [-0.39, 0.29) is 5.69 Å². The first-order valence-corrected chi connectivity index (χ1v) is 7.25. The molecule has 6 heteroatoms. The van der Waals surface area contributed by atoms with Crippen LogP contribution < -0.4 is 5.73 Å². The molecule has 0 fully saturated rings. The Morgan fingerprint density at radius 3 is 2.70 bits per heavy atom. The van der Waals surface area contributed by atoms with Crippen molar-refractivity contribution in [3.8, 4) is 0 Å². The zero-order chi connectivity index (χ0) is 14.7. The summed E-state index contributed by atoms with van der Waals surface area (Å²) in [4.78, 5) is 11.7. The van der Waals surface area contributed by atoms with Crippen LogP contribution in [0.25, 0.3) is 0 Å². The molecule has 0 saturated heterocycles. The molecule has 0 radical (unpaired) electrons. The van der Waals surface area contributed by atoms with E-state index < -0.39 is 4.92 Å². The molecular weight excluding hydrogens is 296 g/mol. The van der Waals surface area contributed by atoms with Crippen LogP contribution in [0.5, 0.6) is 0 Å². The van der Waals surface area contributed by atoms with E-state index in [9.17, 15) is 10.1 Å². The number of benzene rings is 2. The normalized spacial score (nSPS) is 10.5. The summed E-state index contributed by atoms with van der Waals surface area (Å²) in [6, 6.07) is 10.4. The summed E-state index contributed by atoms with van der Waals surface area (Å²) in [6.45, 7) is 1.97. The lowest BCUT2D eigenvalue weighted by Crippen LogP contribution is -1.94. The summed E-state index contributed by atoms with van der Waals surface area (Å²) in [5, 5.41) is 11.4. The summed E-state index contributed by atoms with van der Waals surface area (Å²) < 4.78 is 0. The molecule has 4 nitrogen and oxygen atoms in total. The summed E-state index contributed by atoms with van der Waals surface area (Å²) in [7, 11) is 0. The van der Waals surface area contributed by atoms with Crippen molar-refractivity contribution in [1.29, 1.82) is 0 Å². The molecular formula is C14H13ClN2O2S. The molecule has 0 aliphatic rings. The Labute approximate surface area is 126 Å². The molecule has 0 unspecified atom stereocenters. The fourth-order valence-corrected chi connectivity index (χ4v) is 2.99. The molecule has 2 aromatic rings. The molecule has 0 atom stereocenters. The van der Waals surface area contributed by atoms with Crippen LogP contribution >= 0.6 is 23.4 Å². The number of halogens is 1. The van der Waals surface area contributed by atoms with Crippen molar-refractivity contribution in [3.63, 3.8) is 0 Å². The van der Waals surface area contributed by atoms with E-state index >= 15 is 0 Å². The summed E-state index contributed by atoms with van der Waals surface area (Å²) in [6.07, 6.45) is 0. The second kappa shape index (κ2) is 6.15. The Morgan fingerprint density at radius 1 is 1.30 bits per heavy atom. The van der Waals surface area contributed by atoms with Gasteiger partial charge in [-0.2, -0.15) is 0 Å². The molecule has 20 heavy (non-hydrogen) atoms. The van der Waals surface area contributed by atoms with Crippen molar-refractivity contribution in [3.05, 3.63) is 62.7 Å². The average molecular weight is 309 g/mol. The molecule has 2 rings (SSSR count). The van der Waals surface area contributed by atoms with Gasteiger partial charge in [-0.3, -0.25) is 10.1 Å². The number of nitrogens with zero attached hydrogens (tertiary/aromatic N) is 1. The first kappa shape index (κ1) is 14.7. The molecule has 0 aromatic heterocycles. The second-order valence-corrected chi connectivity index (χ2v) is 5.80. The highest BCUT2D eigenvalue weighted by Gasteiger charge is 2.14. The Kier molecular flexibility index (Phi) is 4.52. The molecule has 2 N–H and O–H groups in total. The first-order valence-electron chi connectivity index (χ1n) is 5.89. The van der Waals surface area contributed by atoms with Gasteiger partial charge in [0.2, 0.25) is 0 Å². The van der Waals surface area contributed by atoms with Crippen molar-refractivity contribution in [2.45, 2.75) is 17.6 Å². The lowest BCUT2D eigenvalue weighted by Gasteiger charge is -2.07. The van der Waals surface area contributed by atoms with Crippen molar-refractivity contribution in [1.82, 2.24) is 0 Å². The maximum Gasteiger partial charge on any atom is 0.274 e. The molecule has 0 spiro atoms. The number of rotatable bonds is 4. The highest BCUT2D eigenvalue weighted by Crippen LogP contribution is 2.31. The molecule has 104 valence electrons. The summed E-state index contributed by atoms with van der Waals surface area (Å²) >= 11 is 7.34. The quantitative estimate of drug-likeness (QED) is 0.392. The smallest absolute Gasteiger partial charge is 0.274 e. The molecule has 0 heterocycles. The van der Waals surface area contributed by atoms with Gasteiger partial charge in [0.25, 0.3) is 5.69 Å². The summed E-state index contributed by atoms with van der Waals surface area (Å²) in [5.74, 6) is 0.512. The van der Waals surface area contributed by atoms with Gasteiger partial charge in [-0.05, 0) is 42.8 Å². The SMILES string of the molecule is Cc1cc(N)ccc1SCc1ccc(Cl)cc1[N+](=O)[O-]. The minimum absolute atomic E-state index is 0.0538. The van der Waals surface area contributed by atoms with Gasteiger partial charge in [0.1, 0.15) is 0 Å². The number of hydrogen-bond donors (Lipinski definition) is 1. The van der Waals surface area contributed by atoms with Crippen LogP contribution in [0.2, 0.25) is 5.02 Å². The Bertz CT molecular complexity index is 662. The van der Waals surface area contributed by atoms with Crippen molar-refractivity contribution in [2.75, 3.05) is 5.73 Å². The second-order valence-electron chi connectivity index (χ2n) is 4.34. The van der Waals surface area contributed by atoms with E-state index in [0.29, 0.717) is 22.0 Å². The number of thioether (sulfide) groups is 1. The van der Waals surface area contributed by atoms with Gasteiger partial charge < -0.3 is 5.73 Å². The van der Waals surface area contributed by atoms with Gasteiger partial charge >= 0.3 is 0 Å². The standard InChI is InChI=1S/C14H13ClN2O2S/c1-9-6-12(16)4-5-14(9)20-8-10-2-3-11(15)7-13(10)17(18)19/h2-7H,8,16H2,1H3. The number of hydrogen-bond acceptors (Lipinski definition) is 4. The van der Waals surface area contributed by atoms with Gasteiger partial charge in [-0.25, -0.2) is 0 Å². The van der Waals surface area contributed by atoms with E-state index in [4.69, 9.17) is 17.3 Å². The summed E-state index contributed by atoms with van der Waals surface area (Å²) in [5.41, 5.74) is 8.18. The zero-order valence-corrected chi connectivity index (χ0v) is 12.4. The van der Waals surface area contributed by atoms with Crippen LogP contribution in [0, 0.1) is 17.0 Å². The van der Waals surface area contributed by atoms with Crippen molar-refractivity contribution < 1.29 is 4.92 Å². The maximum absolute atomic E-state index is 11.0. The third-order valence-electron chi connectivity index (χ3n) is 2.83. The molecule has 2 aromatic carbocycles. The van der Waals surface area contributed by atoms with E-state index in [1.54, 1.807) is 23.9 Å². The Balaban J connectivity index is 2.20. The van der Waals surface area contributed by atoms with E-state index in [0.717, 1.165) is 10.5 Å². The van der Waals surface area contributed by atoms with Gasteiger partial charge in [0.15, 0.2) is 0 Å². The van der Waals surface area contributed by atoms with Gasteiger partial charge in [-0.1, -0.05) is 11.6 Å². The predicted octanol–water partition coefficient (Wildman–Crippen LogP) is 4.43. The van der Waals surface area contributed by atoms with E-state index in [1.165, 1.54) is 6.07 Å². The number of aryl methyl sites for hydroxylation is 1. The van der Waals surface area contributed by atoms with Crippen molar-refractivity contribution >= 4 is 34.7 Å². The molecule has 0 aliphatic carbocycles. The number of anilines is 1. The lowest BCUT2D eigenvalue weighted by molar-refractivity contribution is -0.385. The number of nitro groups is 1. The van der Waals surface area contributed by atoms with Crippen LogP contribution in [-0.4, -0.2) is 4.92 Å². The van der Waals surface area contributed by atoms with Crippen LogP contribution in [0.1, 0.15) is 11.1 Å². The van der Waals surface area contributed by atoms with Gasteiger partial charge in [0, 0.05) is 33.0 Å². The fourth-order valence-electron chi connectivity index (χ4n) is 1.82. The van der Waals surface area contributed by atoms with Crippen LogP contribution in [-0.2, 0) is 5.75 Å². The molecule has 0 saturated carbocycles. The van der Waals surface area contributed by atoms with Gasteiger partial charge in [0.05, 0.1) is 4.92 Å². The third kappa shape index (κ3) is 3.43.